The molecule has 0 fully saturated rings. The van der Waals surface area contributed by atoms with Crippen LogP contribution in [0, 0.1) is 6.92 Å². The second-order valence-corrected chi connectivity index (χ2v) is 4.07. The normalized spacial score (nSPS) is 12.6. The number of rotatable bonds is 4. The highest BCUT2D eigenvalue weighted by molar-refractivity contribution is 5.30. The van der Waals surface area contributed by atoms with Gasteiger partial charge in [-0.3, -0.25) is 0 Å². The Morgan fingerprint density at radius 2 is 2.06 bits per heavy atom. The molecule has 0 aliphatic carbocycles. The van der Waals surface area contributed by atoms with E-state index in [1.807, 2.05) is 18.2 Å². The van der Waals surface area contributed by atoms with Crippen molar-refractivity contribution in [3.63, 3.8) is 0 Å². The van der Waals surface area contributed by atoms with Gasteiger partial charge in [0, 0.05) is 5.92 Å². The van der Waals surface area contributed by atoms with Crippen LogP contribution in [0.5, 0.6) is 0 Å². The Bertz CT molecular complexity index is 432. The van der Waals surface area contributed by atoms with E-state index in [0.29, 0.717) is 0 Å². The first-order chi connectivity index (χ1) is 7.81. The third-order valence-corrected chi connectivity index (χ3v) is 2.91. The molecule has 1 atom stereocenters. The monoisotopic (exact) mass is 216 g/mol. The van der Waals surface area contributed by atoms with Crippen LogP contribution in [0.25, 0.3) is 0 Å². The maximum absolute atomic E-state index is 9.47. The van der Waals surface area contributed by atoms with Crippen LogP contribution in [0.1, 0.15) is 22.6 Å². The Morgan fingerprint density at radius 3 is 2.69 bits per heavy atom. The Hall–Kier alpha value is -1.54. The van der Waals surface area contributed by atoms with E-state index in [4.69, 9.17) is 4.42 Å². The van der Waals surface area contributed by atoms with Crippen LogP contribution in [0.4, 0.5) is 0 Å². The number of aryl methyl sites for hydroxylation is 1. The number of furan rings is 1. The van der Waals surface area contributed by atoms with Crippen molar-refractivity contribution in [2.24, 2.45) is 0 Å². The SMILES string of the molecule is Cc1ccccc1C(CO)Cc1ccoc1. The van der Waals surface area contributed by atoms with Crippen molar-refractivity contribution in [3.8, 4) is 0 Å². The molecule has 2 aromatic rings. The maximum Gasteiger partial charge on any atom is 0.0934 e. The molecule has 0 amide bonds. The largest absolute Gasteiger partial charge is 0.472 e. The molecular formula is C14H16O2. The highest BCUT2D eigenvalue weighted by Gasteiger charge is 2.13. The lowest BCUT2D eigenvalue weighted by Crippen LogP contribution is -2.08. The maximum atomic E-state index is 9.47. The number of hydrogen-bond acceptors (Lipinski definition) is 2. The van der Waals surface area contributed by atoms with E-state index in [1.165, 1.54) is 11.1 Å². The molecule has 0 aliphatic heterocycles. The van der Waals surface area contributed by atoms with E-state index >= 15 is 0 Å². The molecule has 1 unspecified atom stereocenters. The molecule has 0 radical (unpaired) electrons. The van der Waals surface area contributed by atoms with E-state index in [-0.39, 0.29) is 12.5 Å². The van der Waals surface area contributed by atoms with Crippen LogP contribution in [-0.4, -0.2) is 11.7 Å². The summed E-state index contributed by atoms with van der Waals surface area (Å²) in [4.78, 5) is 0. The summed E-state index contributed by atoms with van der Waals surface area (Å²) in [6.45, 7) is 2.24. The minimum absolute atomic E-state index is 0.152. The molecule has 1 aromatic heterocycles. The van der Waals surface area contributed by atoms with Gasteiger partial charge < -0.3 is 9.52 Å². The third kappa shape index (κ3) is 2.34. The van der Waals surface area contributed by atoms with Crippen LogP contribution in [0.3, 0.4) is 0 Å². The second kappa shape index (κ2) is 4.99. The summed E-state index contributed by atoms with van der Waals surface area (Å²) in [5.74, 6) is 0.152. The highest BCUT2D eigenvalue weighted by atomic mass is 16.3. The minimum Gasteiger partial charge on any atom is -0.472 e. The number of benzene rings is 1. The minimum atomic E-state index is 0.152. The fourth-order valence-electron chi connectivity index (χ4n) is 2.01. The van der Waals surface area contributed by atoms with Gasteiger partial charge in [-0.05, 0) is 36.1 Å². The van der Waals surface area contributed by atoms with Crippen LogP contribution >= 0.6 is 0 Å². The molecule has 1 aromatic carbocycles. The molecule has 0 saturated heterocycles. The van der Waals surface area contributed by atoms with Gasteiger partial charge in [-0.2, -0.15) is 0 Å². The molecule has 0 spiro atoms. The summed E-state index contributed by atoms with van der Waals surface area (Å²) in [6.07, 6.45) is 4.22. The zero-order valence-corrected chi connectivity index (χ0v) is 9.39. The summed E-state index contributed by atoms with van der Waals surface area (Å²) in [6, 6.07) is 10.1. The summed E-state index contributed by atoms with van der Waals surface area (Å²) >= 11 is 0. The first-order valence-electron chi connectivity index (χ1n) is 5.48. The van der Waals surface area contributed by atoms with E-state index in [0.717, 1.165) is 12.0 Å². The summed E-state index contributed by atoms with van der Waals surface area (Å²) in [5, 5.41) is 9.47. The van der Waals surface area contributed by atoms with Crippen molar-refractivity contribution < 1.29 is 9.52 Å². The molecule has 1 N–H and O–H groups in total. The van der Waals surface area contributed by atoms with Crippen molar-refractivity contribution >= 4 is 0 Å². The van der Waals surface area contributed by atoms with Gasteiger partial charge in [-0.25, -0.2) is 0 Å². The smallest absolute Gasteiger partial charge is 0.0934 e. The summed E-state index contributed by atoms with van der Waals surface area (Å²) in [5.41, 5.74) is 3.57. The predicted molar refractivity (Wildman–Crippen MR) is 63.4 cm³/mol. The zero-order chi connectivity index (χ0) is 11.4. The lowest BCUT2D eigenvalue weighted by Gasteiger charge is -2.16. The van der Waals surface area contributed by atoms with Gasteiger partial charge in [-0.1, -0.05) is 24.3 Å². The Morgan fingerprint density at radius 1 is 1.25 bits per heavy atom. The molecule has 2 rings (SSSR count). The fraction of sp³-hybridized carbons (Fsp3) is 0.286. The molecule has 1 heterocycles. The Kier molecular flexibility index (Phi) is 3.42. The first kappa shape index (κ1) is 11.0. The van der Waals surface area contributed by atoms with Gasteiger partial charge in [0.15, 0.2) is 0 Å². The molecule has 2 heteroatoms. The summed E-state index contributed by atoms with van der Waals surface area (Å²) < 4.78 is 5.04. The van der Waals surface area contributed by atoms with Crippen molar-refractivity contribution in [1.82, 2.24) is 0 Å². The van der Waals surface area contributed by atoms with Crippen molar-refractivity contribution in [2.75, 3.05) is 6.61 Å². The van der Waals surface area contributed by atoms with Crippen LogP contribution in [0.15, 0.2) is 47.3 Å². The number of aliphatic hydroxyl groups excluding tert-OH is 1. The predicted octanol–water partition coefficient (Wildman–Crippen LogP) is 2.91. The topological polar surface area (TPSA) is 33.4 Å². The van der Waals surface area contributed by atoms with Gasteiger partial charge >= 0.3 is 0 Å². The molecule has 16 heavy (non-hydrogen) atoms. The van der Waals surface area contributed by atoms with Crippen LogP contribution < -0.4 is 0 Å². The van der Waals surface area contributed by atoms with Crippen LogP contribution in [-0.2, 0) is 6.42 Å². The summed E-state index contributed by atoms with van der Waals surface area (Å²) in [7, 11) is 0. The molecule has 2 nitrogen and oxygen atoms in total. The molecule has 0 bridgehead atoms. The Labute approximate surface area is 95.5 Å². The third-order valence-electron chi connectivity index (χ3n) is 2.91. The van der Waals surface area contributed by atoms with E-state index < -0.39 is 0 Å². The molecule has 0 saturated carbocycles. The lowest BCUT2D eigenvalue weighted by atomic mass is 9.91. The molecule has 84 valence electrons. The average molecular weight is 216 g/mol. The highest BCUT2D eigenvalue weighted by Crippen LogP contribution is 2.23. The standard InChI is InChI=1S/C14H16O2/c1-11-4-2-3-5-14(11)13(9-15)8-12-6-7-16-10-12/h2-7,10,13,15H,8-9H2,1H3. The lowest BCUT2D eigenvalue weighted by molar-refractivity contribution is 0.264. The van der Waals surface area contributed by atoms with Gasteiger partial charge in [0.25, 0.3) is 0 Å². The van der Waals surface area contributed by atoms with Gasteiger partial charge in [0.2, 0.25) is 0 Å². The zero-order valence-electron chi connectivity index (χ0n) is 9.39. The number of aliphatic hydroxyl groups is 1. The van der Waals surface area contributed by atoms with Crippen molar-refractivity contribution in [1.29, 1.82) is 0 Å². The molecule has 0 aliphatic rings. The van der Waals surface area contributed by atoms with E-state index in [1.54, 1.807) is 12.5 Å². The average Bonchev–Trinajstić information content (AvgIpc) is 2.80. The van der Waals surface area contributed by atoms with E-state index in [9.17, 15) is 5.11 Å². The van der Waals surface area contributed by atoms with Crippen LogP contribution in [0.2, 0.25) is 0 Å². The number of hydrogen-bond donors (Lipinski definition) is 1. The van der Waals surface area contributed by atoms with Gasteiger partial charge in [0.05, 0.1) is 19.1 Å². The Balaban J connectivity index is 2.20. The quantitative estimate of drug-likeness (QED) is 0.852. The van der Waals surface area contributed by atoms with Crippen molar-refractivity contribution in [3.05, 3.63) is 59.5 Å². The van der Waals surface area contributed by atoms with Gasteiger partial charge in [-0.15, -0.1) is 0 Å². The second-order valence-electron chi connectivity index (χ2n) is 4.07. The van der Waals surface area contributed by atoms with Crippen molar-refractivity contribution in [2.45, 2.75) is 19.3 Å². The molecular weight excluding hydrogens is 200 g/mol. The van der Waals surface area contributed by atoms with E-state index in [2.05, 4.69) is 19.1 Å². The first-order valence-corrected chi connectivity index (χ1v) is 5.48. The fourth-order valence-corrected chi connectivity index (χ4v) is 2.01. The van der Waals surface area contributed by atoms with Gasteiger partial charge in [0.1, 0.15) is 0 Å².